The fraction of sp³-hybridized carbons (Fsp3) is 0.375. The zero-order valence-electron chi connectivity index (χ0n) is 16.6. The third kappa shape index (κ3) is 3.49. The first-order chi connectivity index (χ1) is 14.2. The standard InChI is InChI=1S/C24H27FN4/c25-19-9-11-20(12-10-19)29-24-8-4-7-21(24)23(27-29)16-28-14-18(13-26)22(15-28)17-5-2-1-3-6-17/h1-3,5-6,9-12,18,22H,4,7-8,13-16,26H2/t18-,22+/m1/s1. The summed E-state index contributed by atoms with van der Waals surface area (Å²) in [6.07, 6.45) is 3.29. The van der Waals surface area contributed by atoms with Crippen LogP contribution in [0.3, 0.4) is 0 Å². The summed E-state index contributed by atoms with van der Waals surface area (Å²) in [5.41, 5.74) is 12.3. The Morgan fingerprint density at radius 1 is 1.00 bits per heavy atom. The maximum Gasteiger partial charge on any atom is 0.123 e. The molecule has 2 atom stereocenters. The number of likely N-dealkylation sites (tertiary alicyclic amines) is 1. The lowest BCUT2D eigenvalue weighted by molar-refractivity contribution is 0.311. The molecular formula is C24H27FN4. The number of benzene rings is 2. The van der Waals surface area contributed by atoms with Gasteiger partial charge in [0.15, 0.2) is 0 Å². The van der Waals surface area contributed by atoms with Crippen LogP contribution in [0, 0.1) is 11.7 Å². The van der Waals surface area contributed by atoms with Gasteiger partial charge in [0.25, 0.3) is 0 Å². The first kappa shape index (κ1) is 18.5. The van der Waals surface area contributed by atoms with Crippen LogP contribution in [0.2, 0.25) is 0 Å². The van der Waals surface area contributed by atoms with Gasteiger partial charge in [-0.2, -0.15) is 5.10 Å². The van der Waals surface area contributed by atoms with Crippen LogP contribution in [0.5, 0.6) is 0 Å². The summed E-state index contributed by atoms with van der Waals surface area (Å²) in [5, 5.41) is 4.97. The topological polar surface area (TPSA) is 47.1 Å². The molecule has 1 fully saturated rings. The molecule has 150 valence electrons. The largest absolute Gasteiger partial charge is 0.330 e. The molecule has 1 saturated heterocycles. The third-order valence-corrected chi connectivity index (χ3v) is 6.51. The maximum atomic E-state index is 13.4. The van der Waals surface area contributed by atoms with Gasteiger partial charge in [0, 0.05) is 31.2 Å². The minimum atomic E-state index is -0.213. The molecule has 5 heteroatoms. The molecule has 2 aromatic carbocycles. The molecule has 3 aromatic rings. The second-order valence-corrected chi connectivity index (χ2v) is 8.32. The first-order valence-corrected chi connectivity index (χ1v) is 10.6. The predicted molar refractivity (Wildman–Crippen MR) is 113 cm³/mol. The number of fused-ring (bicyclic) bond motifs is 1. The van der Waals surface area contributed by atoms with E-state index in [-0.39, 0.29) is 5.82 Å². The highest BCUT2D eigenvalue weighted by atomic mass is 19.1. The van der Waals surface area contributed by atoms with Crippen molar-refractivity contribution < 1.29 is 4.39 Å². The lowest BCUT2D eigenvalue weighted by atomic mass is 9.89. The summed E-state index contributed by atoms with van der Waals surface area (Å²) in [6.45, 7) is 3.59. The van der Waals surface area contributed by atoms with E-state index in [1.165, 1.54) is 41.1 Å². The van der Waals surface area contributed by atoms with E-state index in [1.54, 1.807) is 0 Å². The van der Waals surface area contributed by atoms with Gasteiger partial charge in [0.2, 0.25) is 0 Å². The second-order valence-electron chi connectivity index (χ2n) is 8.32. The average molecular weight is 391 g/mol. The van der Waals surface area contributed by atoms with Crippen molar-refractivity contribution in [1.29, 1.82) is 0 Å². The van der Waals surface area contributed by atoms with Crippen molar-refractivity contribution in [1.82, 2.24) is 14.7 Å². The molecular weight excluding hydrogens is 363 g/mol. The Balaban J connectivity index is 1.40. The number of rotatable bonds is 5. The van der Waals surface area contributed by atoms with Crippen LogP contribution in [0.25, 0.3) is 5.69 Å². The van der Waals surface area contributed by atoms with Gasteiger partial charge >= 0.3 is 0 Å². The normalized spacial score (nSPS) is 21.6. The van der Waals surface area contributed by atoms with E-state index in [0.717, 1.165) is 38.2 Å². The highest BCUT2D eigenvalue weighted by Crippen LogP contribution is 2.34. The monoisotopic (exact) mass is 390 g/mol. The molecule has 0 saturated carbocycles. The smallest absolute Gasteiger partial charge is 0.123 e. The van der Waals surface area contributed by atoms with Gasteiger partial charge in [-0.1, -0.05) is 30.3 Å². The predicted octanol–water partition coefficient (Wildman–Crippen LogP) is 3.67. The Morgan fingerprint density at radius 2 is 1.79 bits per heavy atom. The van der Waals surface area contributed by atoms with E-state index in [4.69, 9.17) is 10.8 Å². The van der Waals surface area contributed by atoms with E-state index >= 15 is 0 Å². The van der Waals surface area contributed by atoms with Crippen LogP contribution in [0.15, 0.2) is 54.6 Å². The van der Waals surface area contributed by atoms with Crippen LogP contribution in [0.4, 0.5) is 4.39 Å². The van der Waals surface area contributed by atoms with Crippen molar-refractivity contribution >= 4 is 0 Å². The van der Waals surface area contributed by atoms with Crippen molar-refractivity contribution in [2.75, 3.05) is 19.6 Å². The number of nitrogens with zero attached hydrogens (tertiary/aromatic N) is 3. The lowest BCUT2D eigenvalue weighted by Crippen LogP contribution is -2.23. The minimum Gasteiger partial charge on any atom is -0.330 e. The average Bonchev–Trinajstić information content (AvgIpc) is 3.46. The number of halogens is 1. The Labute approximate surface area is 171 Å². The van der Waals surface area contributed by atoms with Crippen LogP contribution in [-0.4, -0.2) is 34.3 Å². The highest BCUT2D eigenvalue weighted by molar-refractivity contribution is 5.40. The number of aromatic nitrogens is 2. The Bertz CT molecular complexity index is 980. The maximum absolute atomic E-state index is 13.4. The first-order valence-electron chi connectivity index (χ1n) is 10.6. The summed E-state index contributed by atoms with van der Waals surface area (Å²) >= 11 is 0. The molecule has 2 aliphatic rings. The quantitative estimate of drug-likeness (QED) is 0.723. The molecule has 5 rings (SSSR count). The fourth-order valence-electron chi connectivity index (χ4n) is 5.05. The van der Waals surface area contributed by atoms with Gasteiger partial charge in [-0.3, -0.25) is 4.90 Å². The molecule has 0 amide bonds. The number of hydrogen-bond donors (Lipinski definition) is 1. The molecule has 0 spiro atoms. The van der Waals surface area contributed by atoms with Gasteiger partial charge < -0.3 is 5.73 Å². The molecule has 1 aliphatic carbocycles. The molecule has 0 bridgehead atoms. The Kier molecular flexibility index (Phi) is 4.94. The molecule has 1 aliphatic heterocycles. The van der Waals surface area contributed by atoms with Gasteiger partial charge in [0.1, 0.15) is 5.82 Å². The van der Waals surface area contributed by atoms with Crippen LogP contribution in [-0.2, 0) is 19.4 Å². The molecule has 2 N–H and O–H groups in total. The Hall–Kier alpha value is -2.50. The molecule has 4 nitrogen and oxygen atoms in total. The van der Waals surface area contributed by atoms with E-state index in [1.807, 2.05) is 16.8 Å². The molecule has 1 aromatic heterocycles. The SMILES string of the molecule is NC[C@@H]1CN(Cc2nn(-c3ccc(F)cc3)c3c2CCC3)C[C@H]1c1ccccc1. The number of nitrogens with two attached hydrogens (primary N) is 1. The summed E-state index contributed by atoms with van der Waals surface area (Å²) in [6, 6.07) is 17.4. The Morgan fingerprint density at radius 3 is 2.55 bits per heavy atom. The lowest BCUT2D eigenvalue weighted by Gasteiger charge is -2.16. The van der Waals surface area contributed by atoms with Gasteiger partial charge in [-0.25, -0.2) is 9.07 Å². The van der Waals surface area contributed by atoms with E-state index in [2.05, 4.69) is 35.2 Å². The van der Waals surface area contributed by atoms with E-state index in [9.17, 15) is 4.39 Å². The summed E-state index contributed by atoms with van der Waals surface area (Å²) in [7, 11) is 0. The van der Waals surface area contributed by atoms with Crippen molar-refractivity contribution in [2.24, 2.45) is 11.7 Å². The summed E-state index contributed by atoms with van der Waals surface area (Å²) in [4.78, 5) is 2.51. The van der Waals surface area contributed by atoms with Crippen LogP contribution in [0.1, 0.15) is 34.9 Å². The minimum absolute atomic E-state index is 0.213. The molecule has 2 heterocycles. The number of hydrogen-bond acceptors (Lipinski definition) is 3. The third-order valence-electron chi connectivity index (χ3n) is 6.51. The van der Waals surface area contributed by atoms with E-state index in [0.29, 0.717) is 18.4 Å². The van der Waals surface area contributed by atoms with Gasteiger partial charge in [0.05, 0.1) is 11.4 Å². The van der Waals surface area contributed by atoms with Crippen LogP contribution < -0.4 is 5.73 Å². The van der Waals surface area contributed by atoms with Crippen molar-refractivity contribution in [3.05, 3.63) is 82.9 Å². The van der Waals surface area contributed by atoms with Crippen LogP contribution >= 0.6 is 0 Å². The van der Waals surface area contributed by atoms with Crippen molar-refractivity contribution in [2.45, 2.75) is 31.7 Å². The van der Waals surface area contributed by atoms with E-state index < -0.39 is 0 Å². The summed E-state index contributed by atoms with van der Waals surface area (Å²) < 4.78 is 15.4. The van der Waals surface area contributed by atoms with Crippen molar-refractivity contribution in [3.63, 3.8) is 0 Å². The van der Waals surface area contributed by atoms with Crippen molar-refractivity contribution in [3.8, 4) is 5.69 Å². The fourth-order valence-corrected chi connectivity index (χ4v) is 5.05. The highest BCUT2D eigenvalue weighted by Gasteiger charge is 2.34. The second kappa shape index (κ2) is 7.73. The van der Waals surface area contributed by atoms with Gasteiger partial charge in [-0.15, -0.1) is 0 Å². The zero-order valence-corrected chi connectivity index (χ0v) is 16.6. The summed E-state index contributed by atoms with van der Waals surface area (Å²) in [5.74, 6) is 0.743. The molecule has 29 heavy (non-hydrogen) atoms. The van der Waals surface area contributed by atoms with Gasteiger partial charge in [-0.05, 0) is 67.1 Å². The molecule has 0 unspecified atom stereocenters. The molecule has 0 radical (unpaired) electrons. The zero-order chi connectivity index (χ0) is 19.8.